The predicted molar refractivity (Wildman–Crippen MR) is 102 cm³/mol. The van der Waals surface area contributed by atoms with E-state index < -0.39 is 0 Å². The lowest BCUT2D eigenvalue weighted by Crippen LogP contribution is -1.97. The van der Waals surface area contributed by atoms with Crippen LogP contribution in [0.1, 0.15) is 50.2 Å². The predicted octanol–water partition coefficient (Wildman–Crippen LogP) is 6.11. The van der Waals surface area contributed by atoms with Crippen LogP contribution in [0.15, 0.2) is 53.4 Å². The van der Waals surface area contributed by atoms with Gasteiger partial charge in [0.25, 0.3) is 0 Å². The van der Waals surface area contributed by atoms with Gasteiger partial charge in [-0.1, -0.05) is 56.9 Å². The Morgan fingerprint density at radius 2 is 1.30 bits per heavy atom. The summed E-state index contributed by atoms with van der Waals surface area (Å²) in [5.41, 5.74) is 2.71. The summed E-state index contributed by atoms with van der Waals surface area (Å²) in [6.45, 7) is 3.08. The van der Waals surface area contributed by atoms with Crippen molar-refractivity contribution in [3.8, 4) is 5.75 Å². The van der Waals surface area contributed by atoms with Gasteiger partial charge in [-0.2, -0.15) is 0 Å². The van der Waals surface area contributed by atoms with Crippen molar-refractivity contribution in [1.82, 2.24) is 0 Å². The molecule has 1 nitrogen and oxygen atoms in total. The van der Waals surface area contributed by atoms with E-state index >= 15 is 0 Å². The zero-order valence-corrected chi connectivity index (χ0v) is 15.0. The molecule has 0 unspecified atom stereocenters. The van der Waals surface area contributed by atoms with Crippen LogP contribution in [-0.4, -0.2) is 6.61 Å². The highest BCUT2D eigenvalue weighted by Gasteiger charge is 1.98. The van der Waals surface area contributed by atoms with Gasteiger partial charge in [-0.25, -0.2) is 0 Å². The Balaban J connectivity index is 1.68. The summed E-state index contributed by atoms with van der Waals surface area (Å²) >= 11 is 4.32. The van der Waals surface area contributed by atoms with Crippen LogP contribution in [-0.2, 0) is 12.8 Å². The van der Waals surface area contributed by atoms with Crippen molar-refractivity contribution in [3.05, 3.63) is 59.7 Å². The van der Waals surface area contributed by atoms with E-state index in [4.69, 9.17) is 4.74 Å². The molecule has 0 amide bonds. The molecule has 0 atom stereocenters. The summed E-state index contributed by atoms with van der Waals surface area (Å²) in [4.78, 5) is 1.02. The van der Waals surface area contributed by atoms with Crippen molar-refractivity contribution < 1.29 is 4.74 Å². The number of rotatable bonds is 10. The molecule has 0 saturated carbocycles. The lowest BCUT2D eigenvalue weighted by atomic mass is 10.0. The smallest absolute Gasteiger partial charge is 0.119 e. The van der Waals surface area contributed by atoms with Crippen LogP contribution in [0.5, 0.6) is 5.75 Å². The van der Waals surface area contributed by atoms with Gasteiger partial charge in [0.2, 0.25) is 0 Å². The van der Waals surface area contributed by atoms with Crippen LogP contribution < -0.4 is 4.74 Å². The van der Waals surface area contributed by atoms with Crippen molar-refractivity contribution in [2.24, 2.45) is 0 Å². The molecule has 0 aromatic heterocycles. The van der Waals surface area contributed by atoms with Crippen LogP contribution in [0.3, 0.4) is 0 Å². The van der Waals surface area contributed by atoms with Crippen LogP contribution in [0, 0.1) is 0 Å². The van der Waals surface area contributed by atoms with E-state index in [2.05, 4.69) is 68.1 Å². The summed E-state index contributed by atoms with van der Waals surface area (Å²) in [6, 6.07) is 17.0. The van der Waals surface area contributed by atoms with Crippen molar-refractivity contribution in [2.45, 2.75) is 56.8 Å². The number of benzene rings is 2. The first-order valence-electron chi connectivity index (χ1n) is 8.77. The number of thiol groups is 1. The molecule has 0 N–H and O–H groups in total. The summed E-state index contributed by atoms with van der Waals surface area (Å²) < 4.78 is 5.81. The summed E-state index contributed by atoms with van der Waals surface area (Å²) in [6.07, 6.45) is 8.51. The van der Waals surface area contributed by atoms with Crippen LogP contribution in [0.25, 0.3) is 0 Å². The molecule has 0 spiro atoms. The quantitative estimate of drug-likeness (QED) is 0.409. The van der Waals surface area contributed by atoms with Gasteiger partial charge >= 0.3 is 0 Å². The van der Waals surface area contributed by atoms with Gasteiger partial charge in [0.1, 0.15) is 5.75 Å². The van der Waals surface area contributed by atoms with Gasteiger partial charge in [-0.3, -0.25) is 0 Å². The highest BCUT2D eigenvalue weighted by atomic mass is 32.1. The third kappa shape index (κ3) is 7.13. The number of ether oxygens (including phenoxy) is 1. The number of hydrogen-bond acceptors (Lipinski definition) is 2. The van der Waals surface area contributed by atoms with Crippen LogP contribution in [0.2, 0.25) is 0 Å². The maximum Gasteiger partial charge on any atom is 0.119 e. The average molecular weight is 329 g/mol. The van der Waals surface area contributed by atoms with E-state index in [0.717, 1.165) is 36.5 Å². The van der Waals surface area contributed by atoms with E-state index in [-0.39, 0.29) is 0 Å². The second-order valence-corrected chi connectivity index (χ2v) is 6.59. The van der Waals surface area contributed by atoms with Gasteiger partial charge in [0.05, 0.1) is 6.61 Å². The van der Waals surface area contributed by atoms with E-state index in [1.54, 1.807) is 0 Å². The zero-order chi connectivity index (χ0) is 16.3. The minimum atomic E-state index is 0.832. The van der Waals surface area contributed by atoms with Crippen LogP contribution >= 0.6 is 12.6 Å². The Labute approximate surface area is 146 Å². The minimum absolute atomic E-state index is 0.832. The molecule has 23 heavy (non-hydrogen) atoms. The molecule has 2 aromatic rings. The molecular formula is C21H28OS. The first-order valence-corrected chi connectivity index (χ1v) is 9.22. The molecule has 0 aliphatic heterocycles. The Kier molecular flexibility index (Phi) is 8.10. The zero-order valence-electron chi connectivity index (χ0n) is 14.1. The SMILES string of the molecule is CCCCCCCOc1ccc(CCc2ccc(S)cc2)cc1. The third-order valence-electron chi connectivity index (χ3n) is 4.08. The minimum Gasteiger partial charge on any atom is -0.494 e. The lowest BCUT2D eigenvalue weighted by molar-refractivity contribution is 0.304. The Morgan fingerprint density at radius 3 is 1.91 bits per heavy atom. The van der Waals surface area contributed by atoms with Gasteiger partial charge in [-0.05, 0) is 54.7 Å². The molecule has 0 heterocycles. The monoisotopic (exact) mass is 328 g/mol. The number of unbranched alkanes of at least 4 members (excludes halogenated alkanes) is 4. The Hall–Kier alpha value is -1.41. The molecule has 0 bridgehead atoms. The van der Waals surface area contributed by atoms with Crippen molar-refractivity contribution >= 4 is 12.6 Å². The summed E-state index contributed by atoms with van der Waals surface area (Å²) in [5, 5.41) is 0. The second-order valence-electron chi connectivity index (χ2n) is 6.07. The molecule has 0 aliphatic rings. The van der Waals surface area contributed by atoms with E-state index in [1.165, 1.54) is 36.8 Å². The molecular weight excluding hydrogens is 300 g/mol. The molecule has 2 aromatic carbocycles. The number of hydrogen-bond donors (Lipinski definition) is 1. The topological polar surface area (TPSA) is 9.23 Å². The largest absolute Gasteiger partial charge is 0.494 e. The van der Waals surface area contributed by atoms with Gasteiger partial charge < -0.3 is 4.74 Å². The molecule has 2 rings (SSSR count). The molecule has 0 fully saturated rings. The first kappa shape index (κ1) is 17.9. The number of aryl methyl sites for hydroxylation is 2. The maximum atomic E-state index is 5.81. The molecule has 0 radical (unpaired) electrons. The molecule has 2 heteroatoms. The normalized spacial score (nSPS) is 10.7. The van der Waals surface area contributed by atoms with E-state index in [1.807, 2.05) is 0 Å². The van der Waals surface area contributed by atoms with Gasteiger partial charge in [0.15, 0.2) is 0 Å². The molecule has 0 aliphatic carbocycles. The fourth-order valence-corrected chi connectivity index (χ4v) is 2.75. The highest BCUT2D eigenvalue weighted by Crippen LogP contribution is 2.16. The Bertz CT molecular complexity index is 545. The Morgan fingerprint density at radius 1 is 0.739 bits per heavy atom. The second kappa shape index (κ2) is 10.4. The van der Waals surface area contributed by atoms with Gasteiger partial charge in [0, 0.05) is 4.90 Å². The third-order valence-corrected chi connectivity index (χ3v) is 4.38. The first-order chi connectivity index (χ1) is 11.3. The average Bonchev–Trinajstić information content (AvgIpc) is 2.58. The van der Waals surface area contributed by atoms with E-state index in [9.17, 15) is 0 Å². The fourth-order valence-electron chi connectivity index (χ4n) is 2.60. The van der Waals surface area contributed by atoms with Crippen molar-refractivity contribution in [3.63, 3.8) is 0 Å². The lowest BCUT2D eigenvalue weighted by Gasteiger charge is -2.07. The molecule has 0 saturated heterocycles. The molecule has 124 valence electrons. The van der Waals surface area contributed by atoms with E-state index in [0.29, 0.717) is 0 Å². The fraction of sp³-hybridized carbons (Fsp3) is 0.429. The van der Waals surface area contributed by atoms with Crippen molar-refractivity contribution in [2.75, 3.05) is 6.61 Å². The van der Waals surface area contributed by atoms with Crippen LogP contribution in [0.4, 0.5) is 0 Å². The summed E-state index contributed by atoms with van der Waals surface area (Å²) in [7, 11) is 0. The highest BCUT2D eigenvalue weighted by molar-refractivity contribution is 7.80. The maximum absolute atomic E-state index is 5.81. The van der Waals surface area contributed by atoms with Gasteiger partial charge in [-0.15, -0.1) is 12.6 Å². The summed E-state index contributed by atoms with van der Waals surface area (Å²) in [5.74, 6) is 0.990. The van der Waals surface area contributed by atoms with Crippen molar-refractivity contribution in [1.29, 1.82) is 0 Å². The standard InChI is InChI=1S/C21H28OS/c1-2-3-4-5-6-17-22-20-13-9-18(10-14-20)7-8-19-11-15-21(23)16-12-19/h9-16,23H,2-8,17H2,1H3.